The van der Waals surface area contributed by atoms with Crippen LogP contribution < -0.4 is 10.1 Å². The Morgan fingerprint density at radius 1 is 1.39 bits per heavy atom. The Labute approximate surface area is 157 Å². The Morgan fingerprint density at radius 3 is 2.61 bits per heavy atom. The molecule has 5 nitrogen and oxygen atoms in total. The smallest absolute Gasteiger partial charge is 0.172 e. The van der Waals surface area contributed by atoms with Crippen LogP contribution in [0.5, 0.6) is 11.5 Å². The van der Waals surface area contributed by atoms with E-state index in [-0.39, 0.29) is 36.6 Å². The van der Waals surface area contributed by atoms with Crippen molar-refractivity contribution in [2.75, 3.05) is 32.8 Å². The van der Waals surface area contributed by atoms with E-state index in [0.29, 0.717) is 23.2 Å². The van der Waals surface area contributed by atoms with Gasteiger partial charge in [0.1, 0.15) is 0 Å². The standard InChI is InChI=1S/C15H20BrN3O2.2ClH/c1-2-21-14-10-11(9-12(16)15(14)20)13(3-4-17)19-7-5-18-6-8-19;;/h9-10,13,18,20H,2-3,5-8H2,1H3;2*1H/t13-;;/m1../s1. The Hall–Kier alpha value is -0.710. The molecule has 0 bridgehead atoms. The molecule has 1 saturated heterocycles. The zero-order valence-electron chi connectivity index (χ0n) is 12.9. The molecule has 0 aromatic heterocycles. The second-order valence-electron chi connectivity index (χ2n) is 4.95. The van der Waals surface area contributed by atoms with Gasteiger partial charge in [-0.2, -0.15) is 5.26 Å². The van der Waals surface area contributed by atoms with Crippen LogP contribution in [0.4, 0.5) is 0 Å². The van der Waals surface area contributed by atoms with E-state index in [4.69, 9.17) is 10.00 Å². The molecule has 0 unspecified atom stereocenters. The van der Waals surface area contributed by atoms with Crippen LogP contribution in [-0.2, 0) is 0 Å². The molecular formula is C15H22BrCl2N3O2. The highest BCUT2D eigenvalue weighted by atomic mass is 79.9. The van der Waals surface area contributed by atoms with Crippen molar-refractivity contribution in [2.45, 2.75) is 19.4 Å². The van der Waals surface area contributed by atoms with Crippen LogP contribution in [0.2, 0.25) is 0 Å². The lowest BCUT2D eigenvalue weighted by atomic mass is 10.0. The Morgan fingerprint density at radius 2 is 2.04 bits per heavy atom. The fourth-order valence-electron chi connectivity index (χ4n) is 2.59. The van der Waals surface area contributed by atoms with E-state index in [9.17, 15) is 5.11 Å². The van der Waals surface area contributed by atoms with Crippen LogP contribution in [0.15, 0.2) is 16.6 Å². The maximum Gasteiger partial charge on any atom is 0.172 e. The monoisotopic (exact) mass is 425 g/mol. The van der Waals surface area contributed by atoms with Crippen molar-refractivity contribution in [3.63, 3.8) is 0 Å². The summed E-state index contributed by atoms with van der Waals surface area (Å²) < 4.78 is 6.08. The number of nitrogens with zero attached hydrogens (tertiary/aromatic N) is 2. The molecule has 1 aliphatic heterocycles. The van der Waals surface area contributed by atoms with E-state index < -0.39 is 0 Å². The largest absolute Gasteiger partial charge is 0.503 e. The number of ether oxygens (including phenoxy) is 1. The lowest BCUT2D eigenvalue weighted by molar-refractivity contribution is 0.175. The summed E-state index contributed by atoms with van der Waals surface area (Å²) >= 11 is 3.37. The number of phenols is 1. The lowest BCUT2D eigenvalue weighted by Crippen LogP contribution is -2.45. The molecule has 0 radical (unpaired) electrons. The highest BCUT2D eigenvalue weighted by Crippen LogP contribution is 2.39. The van der Waals surface area contributed by atoms with Crippen molar-refractivity contribution in [3.05, 3.63) is 22.2 Å². The second-order valence-corrected chi connectivity index (χ2v) is 5.80. The molecule has 0 amide bonds. The fraction of sp³-hybridized carbons (Fsp3) is 0.533. The van der Waals surface area contributed by atoms with Gasteiger partial charge in [-0.3, -0.25) is 4.90 Å². The maximum atomic E-state index is 10.0. The molecular weight excluding hydrogens is 405 g/mol. The van der Waals surface area contributed by atoms with Gasteiger partial charge < -0.3 is 15.2 Å². The zero-order valence-corrected chi connectivity index (χ0v) is 16.1. The van der Waals surface area contributed by atoms with E-state index in [2.05, 4.69) is 32.2 Å². The van der Waals surface area contributed by atoms with Gasteiger partial charge in [0.15, 0.2) is 11.5 Å². The summed E-state index contributed by atoms with van der Waals surface area (Å²) in [5.74, 6) is 0.566. The van der Waals surface area contributed by atoms with Gasteiger partial charge in [0, 0.05) is 32.2 Å². The summed E-state index contributed by atoms with van der Waals surface area (Å²) in [5.41, 5.74) is 0.992. The normalized spacial score (nSPS) is 15.7. The minimum Gasteiger partial charge on any atom is -0.503 e. The number of halogens is 3. The minimum absolute atomic E-state index is 0. The molecule has 23 heavy (non-hydrogen) atoms. The first kappa shape index (κ1) is 22.3. The number of phenolic OH excluding ortho intramolecular Hbond substituents is 1. The topological polar surface area (TPSA) is 68.5 Å². The number of piperazine rings is 1. The summed E-state index contributed by atoms with van der Waals surface area (Å²) in [6.45, 7) is 6.05. The molecule has 1 fully saturated rings. The minimum atomic E-state index is 0. The van der Waals surface area contributed by atoms with Crippen LogP contribution in [0.3, 0.4) is 0 Å². The Bertz CT molecular complexity index is 534. The quantitative estimate of drug-likeness (QED) is 0.756. The van der Waals surface area contributed by atoms with Crippen LogP contribution in [-0.4, -0.2) is 42.8 Å². The average molecular weight is 427 g/mol. The molecule has 130 valence electrons. The van der Waals surface area contributed by atoms with Gasteiger partial charge in [-0.15, -0.1) is 24.8 Å². The predicted molar refractivity (Wildman–Crippen MR) is 98.9 cm³/mol. The van der Waals surface area contributed by atoms with Gasteiger partial charge in [-0.05, 0) is 40.5 Å². The van der Waals surface area contributed by atoms with Crippen molar-refractivity contribution in [3.8, 4) is 17.6 Å². The van der Waals surface area contributed by atoms with Crippen molar-refractivity contribution < 1.29 is 9.84 Å². The average Bonchev–Trinajstić information content (AvgIpc) is 2.50. The molecule has 1 aliphatic rings. The van der Waals surface area contributed by atoms with E-state index in [1.807, 2.05) is 19.1 Å². The van der Waals surface area contributed by atoms with E-state index in [0.717, 1.165) is 31.7 Å². The van der Waals surface area contributed by atoms with E-state index >= 15 is 0 Å². The van der Waals surface area contributed by atoms with Gasteiger partial charge in [0.25, 0.3) is 0 Å². The highest BCUT2D eigenvalue weighted by Gasteiger charge is 2.24. The van der Waals surface area contributed by atoms with Gasteiger partial charge in [0.05, 0.1) is 23.6 Å². The van der Waals surface area contributed by atoms with Crippen molar-refractivity contribution >= 4 is 40.7 Å². The SMILES string of the molecule is CCOc1cc([C@@H](CC#N)N2CCNCC2)cc(Br)c1O.Cl.Cl. The first-order valence-corrected chi connectivity index (χ1v) is 7.93. The van der Waals surface area contributed by atoms with Gasteiger partial charge in [-0.25, -0.2) is 0 Å². The predicted octanol–water partition coefficient (Wildman–Crippen LogP) is 3.26. The third kappa shape index (κ3) is 5.70. The Kier molecular flexibility index (Phi) is 10.6. The summed E-state index contributed by atoms with van der Waals surface area (Å²) in [5, 5.41) is 22.5. The summed E-state index contributed by atoms with van der Waals surface area (Å²) in [4.78, 5) is 2.30. The highest BCUT2D eigenvalue weighted by molar-refractivity contribution is 9.10. The van der Waals surface area contributed by atoms with Crippen LogP contribution in [0, 0.1) is 11.3 Å². The summed E-state index contributed by atoms with van der Waals surface area (Å²) in [6.07, 6.45) is 0.419. The second kappa shape index (κ2) is 11.0. The molecule has 2 N–H and O–H groups in total. The van der Waals surface area contributed by atoms with Gasteiger partial charge >= 0.3 is 0 Å². The fourth-order valence-corrected chi connectivity index (χ4v) is 3.05. The number of hydrogen-bond donors (Lipinski definition) is 2. The molecule has 2 rings (SSSR count). The van der Waals surface area contributed by atoms with Crippen molar-refractivity contribution in [1.29, 1.82) is 5.26 Å². The third-order valence-electron chi connectivity index (χ3n) is 3.61. The number of nitriles is 1. The van der Waals surface area contributed by atoms with Gasteiger partial charge in [0.2, 0.25) is 0 Å². The van der Waals surface area contributed by atoms with E-state index in [1.54, 1.807) is 0 Å². The maximum absolute atomic E-state index is 10.0. The van der Waals surface area contributed by atoms with E-state index in [1.165, 1.54) is 0 Å². The molecule has 1 heterocycles. The van der Waals surface area contributed by atoms with Crippen LogP contribution >= 0.6 is 40.7 Å². The van der Waals surface area contributed by atoms with Crippen LogP contribution in [0.25, 0.3) is 0 Å². The number of benzene rings is 1. The third-order valence-corrected chi connectivity index (χ3v) is 4.22. The molecule has 0 aliphatic carbocycles. The molecule has 0 saturated carbocycles. The molecule has 8 heteroatoms. The summed E-state index contributed by atoms with van der Waals surface area (Å²) in [7, 11) is 0. The van der Waals surface area contributed by atoms with Gasteiger partial charge in [-0.1, -0.05) is 0 Å². The molecule has 1 aromatic carbocycles. The number of hydrogen-bond acceptors (Lipinski definition) is 5. The first-order valence-electron chi connectivity index (χ1n) is 7.14. The number of aromatic hydroxyl groups is 1. The molecule has 1 atom stereocenters. The van der Waals surface area contributed by atoms with Crippen molar-refractivity contribution in [1.82, 2.24) is 10.2 Å². The lowest BCUT2D eigenvalue weighted by Gasteiger charge is -2.34. The first-order chi connectivity index (χ1) is 10.2. The van der Waals surface area contributed by atoms with Crippen molar-refractivity contribution in [2.24, 2.45) is 0 Å². The Balaban J connectivity index is 0.00000242. The molecule has 1 aromatic rings. The number of nitrogens with one attached hydrogen (secondary N) is 1. The number of rotatable bonds is 5. The van der Waals surface area contributed by atoms with Crippen LogP contribution in [0.1, 0.15) is 24.9 Å². The molecule has 0 spiro atoms. The summed E-state index contributed by atoms with van der Waals surface area (Å²) in [6, 6.07) is 6.01. The zero-order chi connectivity index (χ0) is 15.2.